The number of nitrogens with one attached hydrogen (secondary N) is 1. The first-order valence-electron chi connectivity index (χ1n) is 5.29. The Morgan fingerprint density at radius 3 is 3.00 bits per heavy atom. The monoisotopic (exact) mass is 264 g/mol. The molecule has 0 amide bonds. The number of carbonyl (C=O) groups is 1. The number of rotatable bonds is 5. The Kier molecular flexibility index (Phi) is 5.75. The van der Waals surface area contributed by atoms with E-state index < -0.39 is 0 Å². The average Bonchev–Trinajstić information content (AvgIpc) is 2.37. The van der Waals surface area contributed by atoms with E-state index >= 15 is 0 Å². The fourth-order valence-electron chi connectivity index (χ4n) is 1.32. The maximum Gasteiger partial charge on any atom is 0.325 e. The molecule has 5 heteroatoms. The van der Waals surface area contributed by atoms with Crippen molar-refractivity contribution >= 4 is 17.6 Å². The molecule has 1 rings (SSSR count). The lowest BCUT2D eigenvalue weighted by Gasteiger charge is -2.02. The summed E-state index contributed by atoms with van der Waals surface area (Å²) in [5, 5.41) is 12.3. The summed E-state index contributed by atoms with van der Waals surface area (Å²) in [6.45, 7) is 0.0389. The fraction of sp³-hybridized carbons (Fsp3) is 0.231. The summed E-state index contributed by atoms with van der Waals surface area (Å²) in [6.07, 6.45) is 1.98. The van der Waals surface area contributed by atoms with Crippen molar-refractivity contribution in [3.8, 4) is 6.07 Å². The number of nitriles is 1. The number of allylic oxidation sites excluding steroid dienone is 1. The minimum Gasteiger partial charge on any atom is -0.468 e. The van der Waals surface area contributed by atoms with Crippen LogP contribution in [0.25, 0.3) is 0 Å². The third-order valence-electron chi connectivity index (χ3n) is 2.18. The van der Waals surface area contributed by atoms with E-state index in [1.807, 2.05) is 12.1 Å². The predicted octanol–water partition coefficient (Wildman–Crippen LogP) is 2.05. The molecule has 0 heterocycles. The number of ether oxygens (including phenoxy) is 1. The van der Waals surface area contributed by atoms with Crippen LogP contribution in [0.1, 0.15) is 5.56 Å². The molecule has 0 radical (unpaired) electrons. The highest BCUT2D eigenvalue weighted by Crippen LogP contribution is 2.13. The molecule has 0 bridgehead atoms. The van der Waals surface area contributed by atoms with Crippen molar-refractivity contribution in [1.29, 1.82) is 5.26 Å². The van der Waals surface area contributed by atoms with Gasteiger partial charge in [0.15, 0.2) is 0 Å². The Morgan fingerprint density at radius 1 is 1.61 bits per heavy atom. The first kappa shape index (κ1) is 14.1. The van der Waals surface area contributed by atoms with Gasteiger partial charge >= 0.3 is 5.97 Å². The number of halogens is 1. The van der Waals surface area contributed by atoms with Gasteiger partial charge in [-0.05, 0) is 17.7 Å². The molecule has 18 heavy (non-hydrogen) atoms. The summed E-state index contributed by atoms with van der Waals surface area (Å²) < 4.78 is 4.47. The van der Waals surface area contributed by atoms with E-state index in [0.717, 1.165) is 5.56 Å². The summed E-state index contributed by atoms with van der Waals surface area (Å²) in [5.41, 5.74) is 1.45. The van der Waals surface area contributed by atoms with Gasteiger partial charge in [-0.1, -0.05) is 23.7 Å². The summed E-state index contributed by atoms with van der Waals surface area (Å²) in [4.78, 5) is 10.9. The summed E-state index contributed by atoms with van der Waals surface area (Å²) in [5.74, 6) is -0.383. The molecule has 0 unspecified atom stereocenters. The second-order valence-corrected chi connectivity index (χ2v) is 3.98. The summed E-state index contributed by atoms with van der Waals surface area (Å²) >= 11 is 5.86. The largest absolute Gasteiger partial charge is 0.468 e. The van der Waals surface area contributed by atoms with Crippen LogP contribution in [0.15, 0.2) is 36.0 Å². The number of benzene rings is 1. The van der Waals surface area contributed by atoms with Crippen LogP contribution < -0.4 is 5.32 Å². The molecule has 0 aromatic heterocycles. The van der Waals surface area contributed by atoms with E-state index in [1.165, 1.54) is 13.3 Å². The van der Waals surface area contributed by atoms with Crippen LogP contribution in [0.3, 0.4) is 0 Å². The summed E-state index contributed by atoms with van der Waals surface area (Å²) in [6, 6.07) is 9.35. The van der Waals surface area contributed by atoms with E-state index in [0.29, 0.717) is 17.0 Å². The molecule has 94 valence electrons. The molecule has 0 aliphatic rings. The van der Waals surface area contributed by atoms with Crippen molar-refractivity contribution in [2.75, 3.05) is 13.7 Å². The van der Waals surface area contributed by atoms with E-state index in [-0.39, 0.29) is 12.5 Å². The van der Waals surface area contributed by atoms with Gasteiger partial charge in [0.05, 0.1) is 13.2 Å². The van der Waals surface area contributed by atoms with Gasteiger partial charge in [-0.15, -0.1) is 0 Å². The van der Waals surface area contributed by atoms with Crippen molar-refractivity contribution in [2.24, 2.45) is 0 Å². The lowest BCUT2D eigenvalue weighted by molar-refractivity contribution is -0.139. The lowest BCUT2D eigenvalue weighted by Crippen LogP contribution is -2.19. The SMILES string of the molecule is COC(=O)CN/C=C(/C#N)Cc1cccc(Cl)c1. The Balaban J connectivity index is 2.59. The number of hydrogen-bond acceptors (Lipinski definition) is 4. The van der Waals surface area contributed by atoms with E-state index in [4.69, 9.17) is 16.9 Å². The van der Waals surface area contributed by atoms with Crippen LogP contribution >= 0.6 is 11.6 Å². The predicted molar refractivity (Wildman–Crippen MR) is 68.9 cm³/mol. The number of methoxy groups -OCH3 is 1. The molecule has 0 saturated heterocycles. The molecule has 1 aromatic carbocycles. The molecule has 0 aliphatic carbocycles. The van der Waals surface area contributed by atoms with Gasteiger partial charge in [0.2, 0.25) is 0 Å². The Hall–Kier alpha value is -1.99. The first-order chi connectivity index (χ1) is 8.65. The van der Waals surface area contributed by atoms with Crippen molar-refractivity contribution in [3.05, 3.63) is 46.6 Å². The van der Waals surface area contributed by atoms with Crippen LogP contribution in [0.4, 0.5) is 0 Å². The minimum absolute atomic E-state index is 0.0389. The van der Waals surface area contributed by atoms with Gasteiger partial charge in [-0.2, -0.15) is 5.26 Å². The fourth-order valence-corrected chi connectivity index (χ4v) is 1.53. The van der Waals surface area contributed by atoms with Gasteiger partial charge < -0.3 is 10.1 Å². The van der Waals surface area contributed by atoms with Crippen LogP contribution in [0, 0.1) is 11.3 Å². The van der Waals surface area contributed by atoms with Crippen LogP contribution in [0.2, 0.25) is 5.02 Å². The molecule has 0 fully saturated rings. The highest BCUT2D eigenvalue weighted by Gasteiger charge is 2.01. The zero-order valence-electron chi connectivity index (χ0n) is 9.94. The maximum absolute atomic E-state index is 10.9. The molecule has 1 N–H and O–H groups in total. The Bertz CT molecular complexity index is 492. The normalized spacial score (nSPS) is 10.6. The zero-order valence-corrected chi connectivity index (χ0v) is 10.7. The molecular weight excluding hydrogens is 252 g/mol. The van der Waals surface area contributed by atoms with Crippen LogP contribution in [0.5, 0.6) is 0 Å². The Morgan fingerprint density at radius 2 is 2.39 bits per heavy atom. The smallest absolute Gasteiger partial charge is 0.325 e. The molecule has 0 aliphatic heterocycles. The van der Waals surface area contributed by atoms with Crippen molar-refractivity contribution in [3.63, 3.8) is 0 Å². The zero-order chi connectivity index (χ0) is 13.4. The Labute approximate surface area is 111 Å². The maximum atomic E-state index is 10.9. The van der Waals surface area contributed by atoms with Crippen molar-refractivity contribution in [1.82, 2.24) is 5.32 Å². The average molecular weight is 265 g/mol. The summed E-state index contributed by atoms with van der Waals surface area (Å²) in [7, 11) is 1.31. The number of hydrogen-bond donors (Lipinski definition) is 1. The highest BCUT2D eigenvalue weighted by atomic mass is 35.5. The lowest BCUT2D eigenvalue weighted by atomic mass is 10.1. The quantitative estimate of drug-likeness (QED) is 0.653. The number of esters is 1. The molecular formula is C13H13ClN2O2. The molecule has 4 nitrogen and oxygen atoms in total. The van der Waals surface area contributed by atoms with Crippen molar-refractivity contribution < 1.29 is 9.53 Å². The molecule has 0 spiro atoms. The van der Waals surface area contributed by atoms with Crippen LogP contribution in [-0.4, -0.2) is 19.6 Å². The van der Waals surface area contributed by atoms with Gasteiger partial charge in [0.1, 0.15) is 6.54 Å². The van der Waals surface area contributed by atoms with Gasteiger partial charge in [-0.3, -0.25) is 4.79 Å². The first-order valence-corrected chi connectivity index (χ1v) is 5.67. The third-order valence-corrected chi connectivity index (χ3v) is 2.41. The van der Waals surface area contributed by atoms with E-state index in [9.17, 15) is 4.79 Å². The highest BCUT2D eigenvalue weighted by molar-refractivity contribution is 6.30. The van der Waals surface area contributed by atoms with Crippen LogP contribution in [-0.2, 0) is 16.0 Å². The van der Waals surface area contributed by atoms with Crippen molar-refractivity contribution in [2.45, 2.75) is 6.42 Å². The van der Waals surface area contributed by atoms with E-state index in [2.05, 4.69) is 16.1 Å². The van der Waals surface area contributed by atoms with E-state index in [1.54, 1.807) is 12.1 Å². The third kappa shape index (κ3) is 4.89. The van der Waals surface area contributed by atoms with Gasteiger partial charge in [0.25, 0.3) is 0 Å². The number of carbonyl (C=O) groups excluding carboxylic acids is 1. The topological polar surface area (TPSA) is 62.1 Å². The minimum atomic E-state index is -0.383. The number of nitrogens with zero attached hydrogens (tertiary/aromatic N) is 1. The van der Waals surface area contributed by atoms with Gasteiger partial charge in [-0.25, -0.2) is 0 Å². The molecule has 1 aromatic rings. The molecule has 0 atom stereocenters. The molecule has 0 saturated carbocycles. The van der Waals surface area contributed by atoms with Gasteiger partial charge in [0, 0.05) is 23.2 Å². The standard InChI is InChI=1S/C13H13ClN2O2/c1-18-13(17)9-16-8-11(7-15)5-10-3-2-4-12(14)6-10/h2-4,6,8,16H,5,9H2,1H3/b11-8+. The second-order valence-electron chi connectivity index (χ2n) is 3.55. The second kappa shape index (κ2) is 7.36.